The van der Waals surface area contributed by atoms with Crippen LogP contribution >= 0.6 is 0 Å². The number of allylic oxidation sites excluding steroid dienone is 1. The summed E-state index contributed by atoms with van der Waals surface area (Å²) in [6.07, 6.45) is 7.51. The van der Waals surface area contributed by atoms with Crippen molar-refractivity contribution in [3.63, 3.8) is 0 Å². The standard InChI is InChI=1S/C22H26N6O2S/c1-14-19-12-16-13-24-21(26-17-6-8-18(9-7-17)31(23,29)30)27-20(16)28(19)22(15(2)25-14)10-4-3-5-11-22/h6-9,12-14,25H,2-5,10-11H2,1H3,(H2,23,29,30)(H,24,26,27). The fourth-order valence-corrected chi connectivity index (χ4v) is 5.48. The maximum Gasteiger partial charge on any atom is 0.238 e. The maximum atomic E-state index is 11.5. The number of hydrogen-bond acceptors (Lipinski definition) is 6. The monoisotopic (exact) mass is 438 g/mol. The summed E-state index contributed by atoms with van der Waals surface area (Å²) in [7, 11) is -3.73. The van der Waals surface area contributed by atoms with Crippen LogP contribution in [0, 0.1) is 0 Å². The third kappa shape index (κ3) is 3.28. The average molecular weight is 439 g/mol. The number of anilines is 2. The van der Waals surface area contributed by atoms with E-state index in [2.05, 4.69) is 39.8 Å². The molecule has 3 aromatic rings. The molecule has 1 aromatic carbocycles. The lowest BCUT2D eigenvalue weighted by Crippen LogP contribution is -2.48. The van der Waals surface area contributed by atoms with Crippen LogP contribution in [-0.4, -0.2) is 23.0 Å². The number of rotatable bonds is 3. The van der Waals surface area contributed by atoms with E-state index < -0.39 is 10.0 Å². The van der Waals surface area contributed by atoms with Crippen molar-refractivity contribution in [1.29, 1.82) is 0 Å². The van der Waals surface area contributed by atoms with Crippen molar-refractivity contribution in [2.45, 2.75) is 55.5 Å². The first kappa shape index (κ1) is 20.0. The number of nitrogens with two attached hydrogens (primary N) is 1. The minimum absolute atomic E-state index is 0.0642. The van der Waals surface area contributed by atoms with Crippen LogP contribution in [0.15, 0.2) is 53.7 Å². The number of benzene rings is 1. The lowest BCUT2D eigenvalue weighted by molar-refractivity contribution is 0.202. The van der Waals surface area contributed by atoms with Gasteiger partial charge in [0, 0.05) is 28.7 Å². The molecule has 1 saturated carbocycles. The Balaban J connectivity index is 1.57. The van der Waals surface area contributed by atoms with Crippen molar-refractivity contribution in [2.24, 2.45) is 5.14 Å². The number of fused-ring (bicyclic) bond motifs is 4. The summed E-state index contributed by atoms with van der Waals surface area (Å²) in [5, 5.41) is 12.9. The molecule has 0 saturated heterocycles. The van der Waals surface area contributed by atoms with Crippen molar-refractivity contribution in [1.82, 2.24) is 19.9 Å². The second-order valence-electron chi connectivity index (χ2n) is 8.51. The van der Waals surface area contributed by atoms with Gasteiger partial charge in [-0.2, -0.15) is 4.98 Å². The fourth-order valence-electron chi connectivity index (χ4n) is 4.96. The minimum atomic E-state index is -3.73. The topological polar surface area (TPSA) is 115 Å². The zero-order valence-corrected chi connectivity index (χ0v) is 18.2. The Morgan fingerprint density at radius 2 is 1.94 bits per heavy atom. The molecule has 8 nitrogen and oxygen atoms in total. The summed E-state index contributed by atoms with van der Waals surface area (Å²) in [5.41, 5.74) is 3.68. The second kappa shape index (κ2) is 7.06. The summed E-state index contributed by atoms with van der Waals surface area (Å²) in [5.74, 6) is 0.458. The maximum absolute atomic E-state index is 11.5. The summed E-state index contributed by atoms with van der Waals surface area (Å²) < 4.78 is 25.3. The molecule has 5 rings (SSSR count). The smallest absolute Gasteiger partial charge is 0.238 e. The Morgan fingerprint density at radius 3 is 2.61 bits per heavy atom. The average Bonchev–Trinajstić information content (AvgIpc) is 3.13. The Labute approximate surface area is 181 Å². The normalized spacial score (nSPS) is 20.5. The van der Waals surface area contributed by atoms with Gasteiger partial charge in [0.05, 0.1) is 16.5 Å². The van der Waals surface area contributed by atoms with E-state index in [0.717, 1.165) is 29.6 Å². The molecule has 3 heterocycles. The van der Waals surface area contributed by atoms with Gasteiger partial charge in [0.1, 0.15) is 5.65 Å². The third-order valence-corrected chi connectivity index (χ3v) is 7.44. The first-order chi connectivity index (χ1) is 14.8. The zero-order chi connectivity index (χ0) is 21.8. The molecule has 31 heavy (non-hydrogen) atoms. The van der Waals surface area contributed by atoms with Crippen LogP contribution in [0.4, 0.5) is 11.6 Å². The largest absolute Gasteiger partial charge is 0.379 e. The molecule has 1 aliphatic heterocycles. The van der Waals surface area contributed by atoms with Gasteiger partial charge in [-0.15, -0.1) is 0 Å². The van der Waals surface area contributed by atoms with Gasteiger partial charge in [0.2, 0.25) is 16.0 Å². The highest BCUT2D eigenvalue weighted by Crippen LogP contribution is 2.46. The van der Waals surface area contributed by atoms with Gasteiger partial charge in [-0.3, -0.25) is 0 Å². The fraction of sp³-hybridized carbons (Fsp3) is 0.364. The number of nitrogens with zero attached hydrogens (tertiary/aromatic N) is 3. The SMILES string of the molecule is C=C1NC(C)c2cc3cnc(Nc4ccc(S(N)(=O)=O)cc4)nc3n2C12CCCCC2. The van der Waals surface area contributed by atoms with Crippen LogP contribution in [0.5, 0.6) is 0 Å². The molecular formula is C22H26N6O2S. The first-order valence-electron chi connectivity index (χ1n) is 10.5. The number of primary sulfonamides is 1. The van der Waals surface area contributed by atoms with Gasteiger partial charge in [-0.25, -0.2) is 18.5 Å². The molecule has 2 aliphatic rings. The third-order valence-electron chi connectivity index (χ3n) is 6.51. The number of aromatic nitrogens is 3. The van der Waals surface area contributed by atoms with E-state index in [-0.39, 0.29) is 16.5 Å². The second-order valence-corrected chi connectivity index (χ2v) is 10.1. The predicted molar refractivity (Wildman–Crippen MR) is 120 cm³/mol. The van der Waals surface area contributed by atoms with E-state index in [4.69, 9.17) is 10.1 Å². The Kier molecular flexibility index (Phi) is 4.56. The van der Waals surface area contributed by atoms with Crippen molar-refractivity contribution < 1.29 is 8.42 Å². The van der Waals surface area contributed by atoms with E-state index >= 15 is 0 Å². The molecule has 4 N–H and O–H groups in total. The van der Waals surface area contributed by atoms with E-state index in [9.17, 15) is 8.42 Å². The zero-order valence-electron chi connectivity index (χ0n) is 17.4. The summed E-state index contributed by atoms with van der Waals surface area (Å²) in [6, 6.07) is 8.54. The van der Waals surface area contributed by atoms with Crippen LogP contribution in [0.25, 0.3) is 11.0 Å². The van der Waals surface area contributed by atoms with Crippen molar-refractivity contribution in [2.75, 3.05) is 5.32 Å². The van der Waals surface area contributed by atoms with Crippen LogP contribution < -0.4 is 15.8 Å². The lowest BCUT2D eigenvalue weighted by atomic mass is 9.77. The molecule has 9 heteroatoms. The van der Waals surface area contributed by atoms with Gasteiger partial charge in [0.15, 0.2) is 0 Å². The Hall–Kier alpha value is -2.91. The number of nitrogens with one attached hydrogen (secondary N) is 2. The lowest BCUT2D eigenvalue weighted by Gasteiger charge is -2.47. The predicted octanol–water partition coefficient (Wildman–Crippen LogP) is 3.66. The van der Waals surface area contributed by atoms with Crippen molar-refractivity contribution in [3.8, 4) is 0 Å². The first-order valence-corrected chi connectivity index (χ1v) is 12.1. The molecule has 1 fully saturated rings. The molecule has 162 valence electrons. The highest BCUT2D eigenvalue weighted by molar-refractivity contribution is 7.89. The summed E-state index contributed by atoms with van der Waals surface area (Å²) in [6.45, 7) is 6.54. The van der Waals surface area contributed by atoms with Crippen LogP contribution in [0.3, 0.4) is 0 Å². The van der Waals surface area contributed by atoms with E-state index in [1.807, 2.05) is 6.20 Å². The van der Waals surface area contributed by atoms with Gasteiger partial charge in [-0.05, 0) is 50.1 Å². The molecule has 1 aliphatic carbocycles. The van der Waals surface area contributed by atoms with Crippen LogP contribution in [0.2, 0.25) is 0 Å². The molecule has 0 bridgehead atoms. The Morgan fingerprint density at radius 1 is 1.23 bits per heavy atom. The van der Waals surface area contributed by atoms with Gasteiger partial charge in [0.25, 0.3) is 0 Å². The molecule has 0 amide bonds. The highest BCUT2D eigenvalue weighted by atomic mass is 32.2. The van der Waals surface area contributed by atoms with Gasteiger partial charge in [-0.1, -0.05) is 25.8 Å². The van der Waals surface area contributed by atoms with Gasteiger partial charge < -0.3 is 15.2 Å². The number of sulfonamides is 1. The van der Waals surface area contributed by atoms with E-state index in [1.165, 1.54) is 37.1 Å². The number of hydrogen-bond donors (Lipinski definition) is 3. The molecule has 1 unspecified atom stereocenters. The quantitative estimate of drug-likeness (QED) is 0.575. The van der Waals surface area contributed by atoms with E-state index in [1.54, 1.807) is 12.1 Å². The van der Waals surface area contributed by atoms with Crippen molar-refractivity contribution >= 4 is 32.7 Å². The summed E-state index contributed by atoms with van der Waals surface area (Å²) >= 11 is 0. The van der Waals surface area contributed by atoms with Crippen LogP contribution in [0.1, 0.15) is 50.8 Å². The van der Waals surface area contributed by atoms with Crippen molar-refractivity contribution in [3.05, 3.63) is 54.5 Å². The molecule has 1 atom stereocenters. The Bertz CT molecular complexity index is 1270. The van der Waals surface area contributed by atoms with Gasteiger partial charge >= 0.3 is 0 Å². The van der Waals surface area contributed by atoms with Crippen LogP contribution in [-0.2, 0) is 15.6 Å². The minimum Gasteiger partial charge on any atom is -0.379 e. The molecular weight excluding hydrogens is 412 g/mol. The van der Waals surface area contributed by atoms with E-state index in [0.29, 0.717) is 11.6 Å². The summed E-state index contributed by atoms with van der Waals surface area (Å²) in [4.78, 5) is 9.40. The molecule has 2 aromatic heterocycles. The molecule has 1 spiro atoms. The highest BCUT2D eigenvalue weighted by Gasteiger charge is 2.43. The molecule has 0 radical (unpaired) electrons.